The van der Waals surface area contributed by atoms with Crippen molar-refractivity contribution < 1.29 is 14.3 Å². The molecule has 1 N–H and O–H groups in total. The summed E-state index contributed by atoms with van der Waals surface area (Å²) in [6.45, 7) is 5.93. The Labute approximate surface area is 138 Å². The lowest BCUT2D eigenvalue weighted by Gasteiger charge is -2.23. The molecule has 21 heavy (non-hydrogen) atoms. The molecule has 116 valence electrons. The van der Waals surface area contributed by atoms with E-state index in [0.717, 1.165) is 17.3 Å². The van der Waals surface area contributed by atoms with Crippen molar-refractivity contribution in [1.82, 2.24) is 5.32 Å². The molecule has 1 fully saturated rings. The molecule has 1 aliphatic rings. The lowest BCUT2D eigenvalue weighted by molar-refractivity contribution is 0.0477. The summed E-state index contributed by atoms with van der Waals surface area (Å²) in [4.78, 5) is 11.8. The Morgan fingerprint density at radius 3 is 2.62 bits per heavy atom. The minimum Gasteiger partial charge on any atom is -0.491 e. The van der Waals surface area contributed by atoms with Gasteiger partial charge in [-0.2, -0.15) is 0 Å². The second-order valence-corrected chi connectivity index (χ2v) is 7.53. The molecular formula is C15H19BrClNO3. The van der Waals surface area contributed by atoms with Gasteiger partial charge in [-0.25, -0.2) is 4.79 Å². The molecule has 1 aliphatic carbocycles. The Morgan fingerprint density at radius 1 is 1.43 bits per heavy atom. The quantitative estimate of drug-likeness (QED) is 0.839. The van der Waals surface area contributed by atoms with Crippen LogP contribution < -0.4 is 10.1 Å². The summed E-state index contributed by atoms with van der Waals surface area (Å²) < 4.78 is 11.8. The Hall–Kier alpha value is -0.940. The van der Waals surface area contributed by atoms with Crippen LogP contribution >= 0.6 is 27.5 Å². The molecule has 1 saturated carbocycles. The van der Waals surface area contributed by atoms with Crippen molar-refractivity contribution >= 4 is 33.6 Å². The van der Waals surface area contributed by atoms with Crippen molar-refractivity contribution in [3.05, 3.63) is 27.7 Å². The molecule has 1 amide bonds. The number of rotatable bonds is 4. The first kappa shape index (κ1) is 16.4. The highest BCUT2D eigenvalue weighted by atomic mass is 79.9. The number of benzene rings is 1. The molecule has 0 bridgehead atoms. The zero-order valence-electron chi connectivity index (χ0n) is 12.3. The highest BCUT2D eigenvalue weighted by molar-refractivity contribution is 9.10. The first-order chi connectivity index (χ1) is 9.69. The number of amides is 1. The first-order valence-corrected chi connectivity index (χ1v) is 7.95. The molecule has 0 atom stereocenters. The van der Waals surface area contributed by atoms with Crippen LogP contribution in [0.1, 0.15) is 33.6 Å². The van der Waals surface area contributed by atoms with Crippen LogP contribution in [0.3, 0.4) is 0 Å². The molecule has 0 radical (unpaired) electrons. The SMILES string of the molecule is CC(C)(C)OC(=O)NC1(COc2ccc(Br)c(Cl)c2)CC1. The third kappa shape index (κ3) is 5.08. The summed E-state index contributed by atoms with van der Waals surface area (Å²) in [7, 11) is 0. The average Bonchev–Trinajstić information content (AvgIpc) is 3.08. The van der Waals surface area contributed by atoms with Gasteiger partial charge in [0, 0.05) is 4.47 Å². The van der Waals surface area contributed by atoms with Gasteiger partial charge in [-0.1, -0.05) is 11.6 Å². The highest BCUT2D eigenvalue weighted by Crippen LogP contribution is 2.37. The summed E-state index contributed by atoms with van der Waals surface area (Å²) >= 11 is 9.35. The zero-order chi connectivity index (χ0) is 15.7. The number of hydrogen-bond acceptors (Lipinski definition) is 3. The van der Waals surface area contributed by atoms with Crippen LogP contribution in [0.4, 0.5) is 4.79 Å². The molecule has 0 saturated heterocycles. The molecule has 0 heterocycles. The van der Waals surface area contributed by atoms with Crippen molar-refractivity contribution in [2.45, 2.75) is 44.8 Å². The number of carbonyl (C=O) groups excluding carboxylic acids is 1. The lowest BCUT2D eigenvalue weighted by Crippen LogP contribution is -2.44. The van der Waals surface area contributed by atoms with E-state index in [0.29, 0.717) is 17.4 Å². The van der Waals surface area contributed by atoms with Crippen molar-refractivity contribution in [3.63, 3.8) is 0 Å². The minimum atomic E-state index is -0.500. The molecule has 0 aliphatic heterocycles. The van der Waals surface area contributed by atoms with Gasteiger partial charge >= 0.3 is 6.09 Å². The largest absolute Gasteiger partial charge is 0.491 e. The van der Waals surface area contributed by atoms with Crippen LogP contribution in [0.5, 0.6) is 5.75 Å². The van der Waals surface area contributed by atoms with E-state index in [1.807, 2.05) is 32.9 Å². The minimum absolute atomic E-state index is 0.318. The zero-order valence-corrected chi connectivity index (χ0v) is 14.7. The number of carbonyl (C=O) groups is 1. The van der Waals surface area contributed by atoms with E-state index in [9.17, 15) is 4.79 Å². The van der Waals surface area contributed by atoms with Crippen LogP contribution in [0, 0.1) is 0 Å². The molecule has 1 aromatic rings. The maximum Gasteiger partial charge on any atom is 0.408 e. The van der Waals surface area contributed by atoms with E-state index in [-0.39, 0.29) is 5.54 Å². The topological polar surface area (TPSA) is 47.6 Å². The third-order valence-electron chi connectivity index (χ3n) is 3.03. The summed E-state index contributed by atoms with van der Waals surface area (Å²) in [6, 6.07) is 5.41. The molecule has 0 spiro atoms. The molecule has 1 aromatic carbocycles. The van der Waals surface area contributed by atoms with E-state index in [1.54, 1.807) is 6.07 Å². The van der Waals surface area contributed by atoms with Gasteiger partial charge in [0.25, 0.3) is 0 Å². The Kier molecular flexibility index (Phi) is 4.73. The summed E-state index contributed by atoms with van der Waals surface area (Å²) in [5.74, 6) is 0.681. The van der Waals surface area contributed by atoms with Crippen molar-refractivity contribution in [2.75, 3.05) is 6.61 Å². The number of nitrogens with one attached hydrogen (secondary N) is 1. The highest BCUT2D eigenvalue weighted by Gasteiger charge is 2.46. The number of halogens is 2. The van der Waals surface area contributed by atoms with Crippen LogP contribution in [-0.2, 0) is 4.74 Å². The second-order valence-electron chi connectivity index (χ2n) is 6.27. The van der Waals surface area contributed by atoms with Gasteiger partial charge in [0.1, 0.15) is 18.0 Å². The lowest BCUT2D eigenvalue weighted by atomic mass is 10.2. The molecule has 0 aromatic heterocycles. The van der Waals surface area contributed by atoms with Gasteiger partial charge in [0.15, 0.2) is 0 Å². The second kappa shape index (κ2) is 6.05. The van der Waals surface area contributed by atoms with Gasteiger partial charge in [-0.05, 0) is 67.7 Å². The van der Waals surface area contributed by atoms with Gasteiger partial charge in [0.2, 0.25) is 0 Å². The van der Waals surface area contributed by atoms with Crippen molar-refractivity contribution in [3.8, 4) is 5.75 Å². The fraction of sp³-hybridized carbons (Fsp3) is 0.533. The number of hydrogen-bond donors (Lipinski definition) is 1. The van der Waals surface area contributed by atoms with Crippen LogP contribution in [-0.4, -0.2) is 23.8 Å². The van der Waals surface area contributed by atoms with Crippen molar-refractivity contribution in [1.29, 1.82) is 0 Å². The van der Waals surface area contributed by atoms with E-state index in [2.05, 4.69) is 21.2 Å². The smallest absolute Gasteiger partial charge is 0.408 e. The van der Waals surface area contributed by atoms with Crippen LogP contribution in [0.2, 0.25) is 5.02 Å². The number of ether oxygens (including phenoxy) is 2. The summed E-state index contributed by atoms with van der Waals surface area (Å²) in [6.07, 6.45) is 1.37. The van der Waals surface area contributed by atoms with Gasteiger partial charge in [-0.15, -0.1) is 0 Å². The van der Waals surface area contributed by atoms with Crippen LogP contribution in [0.15, 0.2) is 22.7 Å². The number of alkyl carbamates (subject to hydrolysis) is 1. The molecular weight excluding hydrogens is 358 g/mol. The average molecular weight is 377 g/mol. The Balaban J connectivity index is 1.87. The summed E-state index contributed by atoms with van der Waals surface area (Å²) in [5.41, 5.74) is -0.817. The van der Waals surface area contributed by atoms with E-state index < -0.39 is 11.7 Å². The summed E-state index contributed by atoms with van der Waals surface area (Å²) in [5, 5.41) is 3.49. The molecule has 4 nitrogen and oxygen atoms in total. The monoisotopic (exact) mass is 375 g/mol. The molecule has 0 unspecified atom stereocenters. The fourth-order valence-corrected chi connectivity index (χ4v) is 2.18. The van der Waals surface area contributed by atoms with Gasteiger partial charge < -0.3 is 14.8 Å². The first-order valence-electron chi connectivity index (χ1n) is 6.78. The standard InChI is InChI=1S/C15H19BrClNO3/c1-14(2,3)21-13(19)18-15(6-7-15)9-20-10-4-5-11(16)12(17)8-10/h4-5,8H,6-7,9H2,1-3H3,(H,18,19). The van der Waals surface area contributed by atoms with Gasteiger partial charge in [0.05, 0.1) is 10.6 Å². The van der Waals surface area contributed by atoms with Crippen molar-refractivity contribution in [2.24, 2.45) is 0 Å². The predicted octanol–water partition coefficient (Wildman–Crippen LogP) is 4.54. The molecule has 6 heteroatoms. The van der Waals surface area contributed by atoms with Gasteiger partial charge in [-0.3, -0.25) is 0 Å². The maximum absolute atomic E-state index is 11.8. The maximum atomic E-state index is 11.8. The van der Waals surface area contributed by atoms with E-state index in [1.165, 1.54) is 0 Å². The Morgan fingerprint density at radius 2 is 2.10 bits per heavy atom. The third-order valence-corrected chi connectivity index (χ3v) is 4.26. The molecule has 2 rings (SSSR count). The Bertz CT molecular complexity index is 538. The van der Waals surface area contributed by atoms with E-state index >= 15 is 0 Å². The van der Waals surface area contributed by atoms with E-state index in [4.69, 9.17) is 21.1 Å². The normalized spacial score (nSPS) is 16.2. The van der Waals surface area contributed by atoms with Crippen LogP contribution in [0.25, 0.3) is 0 Å². The fourth-order valence-electron chi connectivity index (χ4n) is 1.76. The predicted molar refractivity (Wildman–Crippen MR) is 86.0 cm³/mol.